The van der Waals surface area contributed by atoms with Gasteiger partial charge in [0.2, 0.25) is 0 Å². The van der Waals surface area contributed by atoms with Gasteiger partial charge in [0.15, 0.2) is 0 Å². The van der Waals surface area contributed by atoms with Crippen LogP contribution < -0.4 is 0 Å². The molecule has 0 saturated carbocycles. The standard InChI is InChI=1S/C20H26ClO5.3C4H9.Sn/c1-2-11-23-17-9-6-12-24-18(17)14-20(26-19(22)15-21)25-13-10-16-7-4-3-5-8-16;3*1-3-4-2;/h2-5,7-8,11,17-18,20H,1,6,9-10,12-15H2;3*1,3-4H2,2H3;/b11-2-;;;;/t17-,18+,20?;;;;/m0..../s1. The zero-order valence-corrected chi connectivity index (χ0v) is 28.3. The van der Waals surface area contributed by atoms with Gasteiger partial charge >= 0.3 is 218 Å². The predicted octanol–water partition coefficient (Wildman–Crippen LogP) is 8.67. The van der Waals surface area contributed by atoms with Gasteiger partial charge in [-0.3, -0.25) is 0 Å². The van der Waals surface area contributed by atoms with Gasteiger partial charge in [0.05, 0.1) is 0 Å². The van der Waals surface area contributed by atoms with E-state index in [0.29, 0.717) is 19.6 Å². The first-order valence-electron chi connectivity index (χ1n) is 15.4. The SMILES string of the molecule is CCC[CH2][Sn]([CH2]/C=C\O[C@H]1CCCO[C@@H]1CC(OCCc1ccccc1)OC(=O)CCl)([CH2]CCC)[CH2]CCC. The van der Waals surface area contributed by atoms with E-state index in [9.17, 15) is 4.79 Å². The molecule has 5 nitrogen and oxygen atoms in total. The normalized spacial score (nSPS) is 18.8. The fourth-order valence-electron chi connectivity index (χ4n) is 5.45. The molecule has 1 fully saturated rings. The van der Waals surface area contributed by atoms with E-state index in [0.717, 1.165) is 19.3 Å². The van der Waals surface area contributed by atoms with Gasteiger partial charge in [0, 0.05) is 0 Å². The van der Waals surface area contributed by atoms with E-state index in [1.165, 1.54) is 61.8 Å². The number of esters is 1. The zero-order chi connectivity index (χ0) is 28.2. The van der Waals surface area contributed by atoms with E-state index < -0.39 is 30.6 Å². The summed E-state index contributed by atoms with van der Waals surface area (Å²) in [6.45, 7) is 8.09. The van der Waals surface area contributed by atoms with E-state index in [-0.39, 0.29) is 18.1 Å². The quantitative estimate of drug-likeness (QED) is 0.0431. The predicted molar refractivity (Wildman–Crippen MR) is 164 cm³/mol. The fourth-order valence-corrected chi connectivity index (χ4v) is 20.6. The molecule has 1 unspecified atom stereocenters. The van der Waals surface area contributed by atoms with Crippen molar-refractivity contribution in [1.29, 1.82) is 0 Å². The average molecular weight is 672 g/mol. The van der Waals surface area contributed by atoms with Crippen molar-refractivity contribution in [2.75, 3.05) is 19.1 Å². The van der Waals surface area contributed by atoms with Gasteiger partial charge in [-0.2, -0.15) is 0 Å². The van der Waals surface area contributed by atoms with Gasteiger partial charge in [0.25, 0.3) is 0 Å². The second-order valence-electron chi connectivity index (χ2n) is 11.0. The number of halogens is 1. The topological polar surface area (TPSA) is 54.0 Å². The molecule has 1 aromatic carbocycles. The van der Waals surface area contributed by atoms with Crippen LogP contribution in [0.3, 0.4) is 0 Å². The third-order valence-corrected chi connectivity index (χ3v) is 23.3. The monoisotopic (exact) mass is 672 g/mol. The summed E-state index contributed by atoms with van der Waals surface area (Å²) in [4.78, 5) is 12.0. The van der Waals surface area contributed by atoms with Crippen molar-refractivity contribution in [3.8, 4) is 0 Å². The van der Waals surface area contributed by atoms with Crippen LogP contribution >= 0.6 is 11.6 Å². The minimum atomic E-state index is -2.22. The first-order valence-corrected chi connectivity index (χ1v) is 24.0. The van der Waals surface area contributed by atoms with Crippen LogP contribution in [0, 0.1) is 0 Å². The molecule has 1 saturated heterocycles. The Morgan fingerprint density at radius 1 is 1.08 bits per heavy atom. The number of carbonyl (C=O) groups is 1. The van der Waals surface area contributed by atoms with Crippen molar-refractivity contribution in [2.45, 2.75) is 121 Å². The maximum absolute atomic E-state index is 12.0. The molecule has 7 heteroatoms. The minimum absolute atomic E-state index is 0.0727. The Kier molecular flexibility index (Phi) is 18.6. The Labute approximate surface area is 247 Å². The van der Waals surface area contributed by atoms with Crippen LogP contribution in [-0.4, -0.2) is 61.9 Å². The second-order valence-corrected chi connectivity index (χ2v) is 25.3. The van der Waals surface area contributed by atoms with Gasteiger partial charge in [-0.05, 0) is 0 Å². The summed E-state index contributed by atoms with van der Waals surface area (Å²) < 4.78 is 29.7. The van der Waals surface area contributed by atoms with Crippen LogP contribution in [0.15, 0.2) is 42.7 Å². The Morgan fingerprint density at radius 2 is 1.74 bits per heavy atom. The fraction of sp³-hybridized carbons (Fsp3) is 0.719. The van der Waals surface area contributed by atoms with Gasteiger partial charge in [-0.15, -0.1) is 0 Å². The third kappa shape index (κ3) is 14.1. The van der Waals surface area contributed by atoms with Crippen molar-refractivity contribution >= 4 is 35.9 Å². The van der Waals surface area contributed by atoms with Gasteiger partial charge in [-0.1, -0.05) is 30.3 Å². The molecule has 1 aliphatic rings. The summed E-state index contributed by atoms with van der Waals surface area (Å²) >= 11 is 3.50. The summed E-state index contributed by atoms with van der Waals surface area (Å²) in [7, 11) is 0. The number of allylic oxidation sites excluding steroid dienone is 1. The Hall–Kier alpha value is -0.761. The van der Waals surface area contributed by atoms with Crippen molar-refractivity contribution in [2.24, 2.45) is 0 Å². The molecular formula is C32H53ClO5Sn. The molecule has 0 bridgehead atoms. The number of ether oxygens (including phenoxy) is 4. The van der Waals surface area contributed by atoms with Crippen LogP contribution in [0.1, 0.15) is 84.1 Å². The number of hydrogen-bond donors (Lipinski definition) is 0. The van der Waals surface area contributed by atoms with E-state index in [2.05, 4.69) is 39.0 Å². The van der Waals surface area contributed by atoms with E-state index >= 15 is 0 Å². The van der Waals surface area contributed by atoms with Gasteiger partial charge in [-0.25, -0.2) is 0 Å². The van der Waals surface area contributed by atoms with Crippen LogP contribution in [0.2, 0.25) is 17.7 Å². The number of unbranched alkanes of at least 4 members (excludes halogenated alkanes) is 3. The van der Waals surface area contributed by atoms with Crippen LogP contribution in [0.25, 0.3) is 0 Å². The summed E-state index contributed by atoms with van der Waals surface area (Å²) in [6.07, 6.45) is 14.4. The number of rotatable bonds is 21. The van der Waals surface area contributed by atoms with Crippen LogP contribution in [0.4, 0.5) is 0 Å². The molecule has 0 spiro atoms. The zero-order valence-electron chi connectivity index (χ0n) is 24.7. The molecule has 0 amide bonds. The molecule has 1 heterocycles. The van der Waals surface area contributed by atoms with Crippen molar-refractivity contribution in [1.82, 2.24) is 0 Å². The van der Waals surface area contributed by atoms with Gasteiger partial charge in [0.1, 0.15) is 0 Å². The number of alkyl halides is 1. The van der Waals surface area contributed by atoms with Crippen molar-refractivity contribution < 1.29 is 23.7 Å². The van der Waals surface area contributed by atoms with E-state index in [1.807, 2.05) is 24.5 Å². The number of hydrogen-bond acceptors (Lipinski definition) is 5. The summed E-state index contributed by atoms with van der Waals surface area (Å²) in [5.74, 6) is -0.682. The molecule has 2 rings (SSSR count). The Bertz CT molecular complexity index is 768. The first-order chi connectivity index (χ1) is 19.1. The molecule has 1 aliphatic heterocycles. The van der Waals surface area contributed by atoms with Crippen LogP contribution in [0.5, 0.6) is 0 Å². The molecule has 39 heavy (non-hydrogen) atoms. The molecular weight excluding hydrogens is 619 g/mol. The Balaban J connectivity index is 1.98. The summed E-state index contributed by atoms with van der Waals surface area (Å²) in [5.41, 5.74) is 1.18. The number of benzene rings is 1. The molecule has 0 aromatic heterocycles. The van der Waals surface area contributed by atoms with Gasteiger partial charge < -0.3 is 0 Å². The molecule has 3 atom stereocenters. The van der Waals surface area contributed by atoms with Crippen molar-refractivity contribution in [3.05, 3.63) is 48.2 Å². The first kappa shape index (κ1) is 34.4. The summed E-state index contributed by atoms with van der Waals surface area (Å²) in [5, 5.41) is 0. The summed E-state index contributed by atoms with van der Waals surface area (Å²) in [6, 6.07) is 10.1. The average Bonchev–Trinajstić information content (AvgIpc) is 2.97. The van der Waals surface area contributed by atoms with Crippen LogP contribution in [-0.2, 0) is 30.2 Å². The molecule has 0 radical (unpaired) electrons. The second kappa shape index (κ2) is 21.0. The molecule has 0 N–H and O–H groups in total. The maximum atomic E-state index is 12.0. The third-order valence-electron chi connectivity index (χ3n) is 7.80. The molecule has 222 valence electrons. The molecule has 1 aromatic rings. The van der Waals surface area contributed by atoms with E-state index in [4.69, 9.17) is 30.5 Å². The Morgan fingerprint density at radius 3 is 2.36 bits per heavy atom. The number of carbonyl (C=O) groups excluding carboxylic acids is 1. The molecule has 0 aliphatic carbocycles. The van der Waals surface area contributed by atoms with E-state index in [1.54, 1.807) is 0 Å². The van der Waals surface area contributed by atoms with Crippen molar-refractivity contribution in [3.63, 3.8) is 0 Å².